The molecule has 0 spiro atoms. The maximum absolute atomic E-state index is 13.3. The summed E-state index contributed by atoms with van der Waals surface area (Å²) in [5, 5.41) is 4.97. The van der Waals surface area contributed by atoms with E-state index >= 15 is 0 Å². The predicted octanol–water partition coefficient (Wildman–Crippen LogP) is 3.82. The van der Waals surface area contributed by atoms with E-state index in [2.05, 4.69) is 36.3 Å². The monoisotopic (exact) mass is 406 g/mol. The van der Waals surface area contributed by atoms with Gasteiger partial charge in [-0.3, -0.25) is 14.5 Å². The molecule has 3 fully saturated rings. The highest BCUT2D eigenvalue weighted by Crippen LogP contribution is 2.62. The Morgan fingerprint density at radius 2 is 1.59 bits per heavy atom. The molecule has 6 atom stereocenters. The number of halogens is 1. The molecule has 6 heteroatoms. The van der Waals surface area contributed by atoms with Crippen molar-refractivity contribution in [3.63, 3.8) is 0 Å². The van der Waals surface area contributed by atoms with Crippen LogP contribution in [0.2, 0.25) is 5.02 Å². The maximum Gasteiger partial charge on any atom is 0.238 e. The second-order valence-electron chi connectivity index (χ2n) is 8.54. The van der Waals surface area contributed by atoms with Gasteiger partial charge in [0.25, 0.3) is 0 Å². The Morgan fingerprint density at radius 3 is 2.28 bits per heavy atom. The first-order valence-electron chi connectivity index (χ1n) is 9.99. The summed E-state index contributed by atoms with van der Waals surface area (Å²) >= 11 is 5.97. The van der Waals surface area contributed by atoms with Crippen LogP contribution in [0.3, 0.4) is 0 Å². The first-order valence-corrected chi connectivity index (χ1v) is 10.4. The number of oxime groups is 1. The highest BCUT2D eigenvalue weighted by Gasteiger charge is 2.70. The van der Waals surface area contributed by atoms with Gasteiger partial charge in [0.05, 0.1) is 23.2 Å². The van der Waals surface area contributed by atoms with Crippen LogP contribution >= 0.6 is 11.6 Å². The smallest absolute Gasteiger partial charge is 0.238 e. The second-order valence-corrected chi connectivity index (χ2v) is 8.98. The van der Waals surface area contributed by atoms with Gasteiger partial charge in [-0.25, -0.2) is 0 Å². The van der Waals surface area contributed by atoms with E-state index in [-0.39, 0.29) is 47.5 Å². The standard InChI is InChI=1S/C23H19ClN2O3/c1-11-2-4-12(5-3-11)20-19-15-10-16(21(19)29-25-20)18-17(15)22(27)26(23(18)28)14-8-6-13(24)7-9-14/h2-9,15-19,21H,10H2,1H3/t15-,16+,17-,18-,19-,21-/m1/s1. The van der Waals surface area contributed by atoms with Gasteiger partial charge in [0.1, 0.15) is 6.10 Å². The molecule has 29 heavy (non-hydrogen) atoms. The lowest BCUT2D eigenvalue weighted by Gasteiger charge is -2.29. The maximum atomic E-state index is 13.3. The van der Waals surface area contributed by atoms with Crippen LogP contribution in [0, 0.1) is 36.5 Å². The molecule has 2 amide bonds. The molecule has 2 aromatic rings. The Bertz CT molecular complexity index is 1060. The zero-order chi connectivity index (χ0) is 19.9. The molecule has 0 aromatic heterocycles. The molecule has 2 aromatic carbocycles. The third-order valence-electron chi connectivity index (χ3n) is 7.12. The fraction of sp³-hybridized carbons (Fsp3) is 0.348. The van der Waals surface area contributed by atoms with Crippen LogP contribution in [0.15, 0.2) is 53.7 Å². The lowest BCUT2D eigenvalue weighted by atomic mass is 9.71. The number of carbonyl (C=O) groups is 2. The number of anilines is 1. The number of hydrogen-bond acceptors (Lipinski definition) is 4. The van der Waals surface area contributed by atoms with Crippen LogP contribution in [0.4, 0.5) is 5.69 Å². The summed E-state index contributed by atoms with van der Waals surface area (Å²) in [6, 6.07) is 15.1. The van der Waals surface area contributed by atoms with Crippen LogP contribution in [0.1, 0.15) is 17.5 Å². The van der Waals surface area contributed by atoms with Crippen LogP contribution in [-0.4, -0.2) is 23.6 Å². The number of imide groups is 1. The molecule has 2 aliphatic heterocycles. The van der Waals surface area contributed by atoms with Gasteiger partial charge in [0.2, 0.25) is 11.8 Å². The molecule has 2 aliphatic carbocycles. The third-order valence-corrected chi connectivity index (χ3v) is 7.37. The summed E-state index contributed by atoms with van der Waals surface area (Å²) in [6.07, 6.45) is 0.737. The van der Waals surface area contributed by atoms with Gasteiger partial charge in [0.15, 0.2) is 0 Å². The highest BCUT2D eigenvalue weighted by atomic mass is 35.5. The first-order chi connectivity index (χ1) is 14.0. The molecule has 6 rings (SSSR count). The number of amides is 2. The van der Waals surface area contributed by atoms with Crippen molar-refractivity contribution in [3.05, 3.63) is 64.7 Å². The van der Waals surface area contributed by atoms with Gasteiger partial charge in [-0.15, -0.1) is 0 Å². The number of nitrogens with zero attached hydrogens (tertiary/aromatic N) is 2. The van der Waals surface area contributed by atoms with Crippen molar-refractivity contribution in [1.29, 1.82) is 0 Å². The van der Waals surface area contributed by atoms with Gasteiger partial charge < -0.3 is 4.84 Å². The Morgan fingerprint density at radius 1 is 0.931 bits per heavy atom. The normalized spacial score (nSPS) is 34.3. The van der Waals surface area contributed by atoms with E-state index in [4.69, 9.17) is 16.4 Å². The Kier molecular flexibility index (Phi) is 3.52. The number of fused-ring (bicyclic) bond motifs is 8. The van der Waals surface area contributed by atoms with Gasteiger partial charge in [-0.1, -0.05) is 46.6 Å². The van der Waals surface area contributed by atoms with Crippen LogP contribution in [0.5, 0.6) is 0 Å². The summed E-state index contributed by atoms with van der Waals surface area (Å²) in [4.78, 5) is 33.8. The molecular weight excluding hydrogens is 388 g/mol. The topological polar surface area (TPSA) is 59.0 Å². The molecular formula is C23H19ClN2O3. The summed E-state index contributed by atoms with van der Waals surface area (Å²) in [5.74, 6) is -0.601. The molecule has 0 unspecified atom stereocenters. The lowest BCUT2D eigenvalue weighted by molar-refractivity contribution is -0.125. The molecule has 0 N–H and O–H groups in total. The molecule has 2 bridgehead atoms. The quantitative estimate of drug-likeness (QED) is 0.712. The minimum Gasteiger partial charge on any atom is -0.391 e. The third kappa shape index (κ3) is 2.25. The Hall–Kier alpha value is -2.66. The zero-order valence-electron chi connectivity index (χ0n) is 15.8. The van der Waals surface area contributed by atoms with Crippen molar-refractivity contribution >= 4 is 34.8 Å². The van der Waals surface area contributed by atoms with E-state index in [0.29, 0.717) is 10.7 Å². The van der Waals surface area contributed by atoms with E-state index in [1.54, 1.807) is 24.3 Å². The number of benzene rings is 2. The van der Waals surface area contributed by atoms with Gasteiger partial charge in [0, 0.05) is 16.9 Å². The van der Waals surface area contributed by atoms with E-state index in [1.807, 2.05) is 0 Å². The molecule has 2 heterocycles. The molecule has 2 saturated carbocycles. The number of carbonyl (C=O) groups excluding carboxylic acids is 2. The van der Waals surface area contributed by atoms with Gasteiger partial charge in [-0.05, 0) is 49.1 Å². The first kappa shape index (κ1) is 17.2. The lowest BCUT2D eigenvalue weighted by Crippen LogP contribution is -2.41. The largest absolute Gasteiger partial charge is 0.391 e. The van der Waals surface area contributed by atoms with E-state index in [1.165, 1.54) is 10.5 Å². The molecule has 0 radical (unpaired) electrons. The van der Waals surface area contributed by atoms with Crippen molar-refractivity contribution in [2.45, 2.75) is 19.4 Å². The number of rotatable bonds is 2. The van der Waals surface area contributed by atoms with Crippen molar-refractivity contribution in [2.75, 3.05) is 4.90 Å². The molecule has 4 aliphatic rings. The molecule has 146 valence electrons. The number of hydrogen-bond donors (Lipinski definition) is 0. The average molecular weight is 407 g/mol. The predicted molar refractivity (Wildman–Crippen MR) is 109 cm³/mol. The van der Waals surface area contributed by atoms with Crippen molar-refractivity contribution in [2.24, 2.45) is 34.7 Å². The van der Waals surface area contributed by atoms with E-state index in [9.17, 15) is 9.59 Å². The van der Waals surface area contributed by atoms with E-state index in [0.717, 1.165) is 17.7 Å². The summed E-state index contributed by atoms with van der Waals surface area (Å²) in [5.41, 5.74) is 3.74. The highest BCUT2D eigenvalue weighted by molar-refractivity contribution is 6.31. The van der Waals surface area contributed by atoms with Crippen LogP contribution in [-0.2, 0) is 14.4 Å². The number of aryl methyl sites for hydroxylation is 1. The summed E-state index contributed by atoms with van der Waals surface area (Å²) < 4.78 is 0. The molecule has 1 saturated heterocycles. The second kappa shape index (κ2) is 5.92. The average Bonchev–Trinajstić information content (AvgIpc) is 3.44. The van der Waals surface area contributed by atoms with Crippen LogP contribution < -0.4 is 4.90 Å². The molecule has 5 nitrogen and oxygen atoms in total. The van der Waals surface area contributed by atoms with E-state index < -0.39 is 0 Å². The fourth-order valence-corrected chi connectivity index (χ4v) is 6.06. The SMILES string of the molecule is Cc1ccc(C2=NO[C@@H]3[C@H]4C[C@H]([C@H]5C(=O)N(c6ccc(Cl)cc6)C(=O)[C@H]45)[C@H]23)cc1. The zero-order valence-corrected chi connectivity index (χ0v) is 16.5. The fourth-order valence-electron chi connectivity index (χ4n) is 5.93. The Balaban J connectivity index is 1.35. The van der Waals surface area contributed by atoms with Crippen molar-refractivity contribution in [3.8, 4) is 0 Å². The minimum atomic E-state index is -0.308. The summed E-state index contributed by atoms with van der Waals surface area (Å²) in [7, 11) is 0. The summed E-state index contributed by atoms with van der Waals surface area (Å²) in [6.45, 7) is 2.05. The van der Waals surface area contributed by atoms with Crippen molar-refractivity contribution < 1.29 is 14.4 Å². The Labute approximate surface area is 173 Å². The van der Waals surface area contributed by atoms with Gasteiger partial charge >= 0.3 is 0 Å². The minimum absolute atomic E-state index is 0.0375. The van der Waals surface area contributed by atoms with Crippen molar-refractivity contribution in [1.82, 2.24) is 0 Å². The van der Waals surface area contributed by atoms with Crippen LogP contribution in [0.25, 0.3) is 0 Å². The van der Waals surface area contributed by atoms with Gasteiger partial charge in [-0.2, -0.15) is 0 Å².